The molecular formula is C33H28N2O4. The van der Waals surface area contributed by atoms with Crippen molar-refractivity contribution in [2.45, 2.75) is 19.4 Å². The van der Waals surface area contributed by atoms with Crippen LogP contribution in [0.3, 0.4) is 0 Å². The van der Waals surface area contributed by atoms with E-state index in [0.29, 0.717) is 23.3 Å². The van der Waals surface area contributed by atoms with Gasteiger partial charge in [-0.05, 0) is 71.5 Å². The summed E-state index contributed by atoms with van der Waals surface area (Å²) in [6, 6.07) is 28.9. The molecule has 0 fully saturated rings. The van der Waals surface area contributed by atoms with Gasteiger partial charge in [0.15, 0.2) is 0 Å². The third-order valence-corrected chi connectivity index (χ3v) is 7.26. The van der Waals surface area contributed by atoms with E-state index in [2.05, 4.69) is 22.3 Å². The number of carboxylic acids is 1. The van der Waals surface area contributed by atoms with Gasteiger partial charge in [0.05, 0.1) is 11.3 Å². The molecule has 0 bridgehead atoms. The Bertz CT molecular complexity index is 1590. The van der Waals surface area contributed by atoms with E-state index in [4.69, 9.17) is 4.74 Å². The molecule has 0 saturated carbocycles. The van der Waals surface area contributed by atoms with Gasteiger partial charge in [0.1, 0.15) is 12.4 Å². The molecule has 194 valence electrons. The van der Waals surface area contributed by atoms with Gasteiger partial charge >= 0.3 is 5.97 Å². The summed E-state index contributed by atoms with van der Waals surface area (Å²) in [5.74, 6) is -0.243. The minimum Gasteiger partial charge on any atom is -0.487 e. The molecule has 6 heteroatoms. The predicted molar refractivity (Wildman–Crippen MR) is 152 cm³/mol. The number of amides is 1. The van der Waals surface area contributed by atoms with E-state index in [9.17, 15) is 14.7 Å². The zero-order valence-electron chi connectivity index (χ0n) is 21.4. The van der Waals surface area contributed by atoms with Crippen molar-refractivity contribution in [2.75, 3.05) is 18.1 Å². The SMILES string of the molecule is O=C(NC1=Cc2ccccc2OC1)c1ccc2c(c1)CCCN2Cc1ccc(-c2ccccc2C(=O)O)cc1. The Morgan fingerprint density at radius 3 is 2.56 bits per heavy atom. The van der Waals surface area contributed by atoms with Gasteiger partial charge in [0, 0.05) is 29.9 Å². The lowest BCUT2D eigenvalue weighted by Crippen LogP contribution is -2.30. The Labute approximate surface area is 227 Å². The highest BCUT2D eigenvalue weighted by molar-refractivity contribution is 5.97. The van der Waals surface area contributed by atoms with Crippen molar-refractivity contribution >= 4 is 23.6 Å². The van der Waals surface area contributed by atoms with Crippen molar-refractivity contribution in [2.24, 2.45) is 0 Å². The highest BCUT2D eigenvalue weighted by atomic mass is 16.5. The van der Waals surface area contributed by atoms with Gasteiger partial charge < -0.3 is 20.1 Å². The summed E-state index contributed by atoms with van der Waals surface area (Å²) in [7, 11) is 0. The third-order valence-electron chi connectivity index (χ3n) is 7.26. The maximum atomic E-state index is 13.0. The van der Waals surface area contributed by atoms with Crippen molar-refractivity contribution in [3.8, 4) is 16.9 Å². The summed E-state index contributed by atoms with van der Waals surface area (Å²) in [6.45, 7) is 2.01. The van der Waals surface area contributed by atoms with Crippen LogP contribution in [0.25, 0.3) is 17.2 Å². The number of para-hydroxylation sites is 1. The minimum atomic E-state index is -0.929. The van der Waals surface area contributed by atoms with E-state index in [1.165, 1.54) is 5.56 Å². The van der Waals surface area contributed by atoms with Crippen LogP contribution in [0.15, 0.2) is 96.7 Å². The number of ether oxygens (including phenoxy) is 1. The molecule has 2 N–H and O–H groups in total. The summed E-state index contributed by atoms with van der Waals surface area (Å²) in [4.78, 5) is 27.0. The number of carbonyl (C=O) groups is 2. The number of hydrogen-bond donors (Lipinski definition) is 2. The Morgan fingerprint density at radius 2 is 1.72 bits per heavy atom. The molecule has 0 saturated heterocycles. The van der Waals surface area contributed by atoms with E-state index >= 15 is 0 Å². The molecule has 0 unspecified atom stereocenters. The van der Waals surface area contributed by atoms with Crippen molar-refractivity contribution in [1.82, 2.24) is 5.32 Å². The lowest BCUT2D eigenvalue weighted by atomic mass is 9.97. The Morgan fingerprint density at radius 1 is 0.923 bits per heavy atom. The number of aromatic carboxylic acids is 1. The summed E-state index contributed by atoms with van der Waals surface area (Å²) < 4.78 is 5.77. The van der Waals surface area contributed by atoms with Crippen molar-refractivity contribution < 1.29 is 19.4 Å². The van der Waals surface area contributed by atoms with E-state index < -0.39 is 5.97 Å². The number of hydrogen-bond acceptors (Lipinski definition) is 4. The summed E-state index contributed by atoms with van der Waals surface area (Å²) >= 11 is 0. The molecule has 4 aromatic carbocycles. The maximum absolute atomic E-state index is 13.0. The number of aryl methyl sites for hydroxylation is 1. The van der Waals surface area contributed by atoms with Gasteiger partial charge in [-0.25, -0.2) is 4.79 Å². The van der Waals surface area contributed by atoms with Crippen LogP contribution in [0.4, 0.5) is 5.69 Å². The van der Waals surface area contributed by atoms with Crippen LogP contribution in [0, 0.1) is 0 Å². The van der Waals surface area contributed by atoms with Crippen LogP contribution in [0.2, 0.25) is 0 Å². The molecule has 4 aromatic rings. The van der Waals surface area contributed by atoms with Crippen molar-refractivity contribution in [3.05, 3.63) is 125 Å². The van der Waals surface area contributed by atoms with Crippen molar-refractivity contribution in [3.63, 3.8) is 0 Å². The second kappa shape index (κ2) is 10.5. The fourth-order valence-corrected chi connectivity index (χ4v) is 5.32. The molecule has 0 aromatic heterocycles. The maximum Gasteiger partial charge on any atom is 0.336 e. The monoisotopic (exact) mass is 516 g/mol. The fraction of sp³-hybridized carbons (Fsp3) is 0.152. The lowest BCUT2D eigenvalue weighted by molar-refractivity contribution is 0.0697. The first-order valence-electron chi connectivity index (χ1n) is 13.1. The summed E-state index contributed by atoms with van der Waals surface area (Å²) in [5.41, 5.74) is 7.69. The number of anilines is 1. The number of nitrogens with one attached hydrogen (secondary N) is 1. The summed E-state index contributed by atoms with van der Waals surface area (Å²) in [6.07, 6.45) is 3.90. The Balaban J connectivity index is 1.16. The average molecular weight is 517 g/mol. The van der Waals surface area contributed by atoms with Crippen LogP contribution < -0.4 is 15.0 Å². The molecule has 0 atom stereocenters. The first-order chi connectivity index (χ1) is 19.0. The molecular weight excluding hydrogens is 488 g/mol. The molecule has 2 heterocycles. The second-order valence-electron chi connectivity index (χ2n) is 9.87. The van der Waals surface area contributed by atoms with Crippen LogP contribution in [0.1, 0.15) is 43.8 Å². The Kier molecular flexibility index (Phi) is 6.59. The minimum absolute atomic E-state index is 0.138. The number of fused-ring (bicyclic) bond motifs is 2. The lowest BCUT2D eigenvalue weighted by Gasteiger charge is -2.32. The third kappa shape index (κ3) is 5.14. The van der Waals surface area contributed by atoms with E-state index in [-0.39, 0.29) is 5.91 Å². The first-order valence-corrected chi connectivity index (χ1v) is 13.1. The molecule has 6 nitrogen and oxygen atoms in total. The number of benzene rings is 4. The average Bonchev–Trinajstić information content (AvgIpc) is 2.97. The highest BCUT2D eigenvalue weighted by Crippen LogP contribution is 2.31. The molecule has 0 aliphatic carbocycles. The molecule has 39 heavy (non-hydrogen) atoms. The molecule has 6 rings (SSSR count). The van der Waals surface area contributed by atoms with Gasteiger partial charge in [0.25, 0.3) is 5.91 Å². The first kappa shape index (κ1) is 24.5. The van der Waals surface area contributed by atoms with Crippen LogP contribution in [-0.2, 0) is 13.0 Å². The smallest absolute Gasteiger partial charge is 0.336 e. The van der Waals surface area contributed by atoms with Gasteiger partial charge in [-0.2, -0.15) is 0 Å². The predicted octanol–water partition coefficient (Wildman–Crippen LogP) is 6.17. The van der Waals surface area contributed by atoms with E-state index in [1.54, 1.807) is 12.1 Å². The fourth-order valence-electron chi connectivity index (χ4n) is 5.32. The van der Waals surface area contributed by atoms with E-state index in [1.807, 2.05) is 72.8 Å². The second-order valence-corrected chi connectivity index (χ2v) is 9.87. The normalized spacial score (nSPS) is 13.9. The Hall–Kier alpha value is -4.84. The number of carboxylic acid groups (broad SMARTS) is 1. The number of nitrogens with zero attached hydrogens (tertiary/aromatic N) is 1. The molecule has 2 aliphatic heterocycles. The topological polar surface area (TPSA) is 78.9 Å². The van der Waals surface area contributed by atoms with Crippen LogP contribution >= 0.6 is 0 Å². The molecule has 0 spiro atoms. The van der Waals surface area contributed by atoms with Gasteiger partial charge in [0.2, 0.25) is 0 Å². The zero-order valence-corrected chi connectivity index (χ0v) is 21.4. The molecule has 0 radical (unpaired) electrons. The summed E-state index contributed by atoms with van der Waals surface area (Å²) in [5, 5.41) is 12.5. The number of rotatable bonds is 6. The van der Waals surface area contributed by atoms with Gasteiger partial charge in [-0.15, -0.1) is 0 Å². The van der Waals surface area contributed by atoms with Crippen LogP contribution in [-0.4, -0.2) is 30.1 Å². The largest absolute Gasteiger partial charge is 0.487 e. The van der Waals surface area contributed by atoms with Crippen molar-refractivity contribution in [1.29, 1.82) is 0 Å². The van der Waals surface area contributed by atoms with E-state index in [0.717, 1.165) is 59.8 Å². The van der Waals surface area contributed by atoms with Gasteiger partial charge in [-0.1, -0.05) is 60.7 Å². The standard InChI is InChI=1S/C33H28N2O4/c36-32(34-27-19-25-6-1-4-10-31(25)39-21-27)26-15-16-30-24(18-26)7-5-17-35(30)20-22-11-13-23(14-12-22)28-8-2-3-9-29(28)33(37)38/h1-4,6,8-16,18-19H,5,7,17,20-21H2,(H,34,36)(H,37,38). The van der Waals surface area contributed by atoms with Gasteiger partial charge in [-0.3, -0.25) is 4.79 Å². The quantitative estimate of drug-likeness (QED) is 0.321. The van der Waals surface area contributed by atoms with Crippen LogP contribution in [0.5, 0.6) is 5.75 Å². The molecule has 1 amide bonds. The number of carbonyl (C=O) groups excluding carboxylic acids is 1. The molecule has 2 aliphatic rings. The zero-order chi connectivity index (χ0) is 26.8. The highest BCUT2D eigenvalue weighted by Gasteiger charge is 2.20.